The monoisotopic (exact) mass is 347 g/mol. The lowest BCUT2D eigenvalue weighted by molar-refractivity contribution is 0.0997. The van der Waals surface area contributed by atoms with Gasteiger partial charge in [-0.05, 0) is 30.7 Å². The number of benzene rings is 2. The number of halogens is 3. The summed E-state index contributed by atoms with van der Waals surface area (Å²) in [5.41, 5.74) is 6.78. The van der Waals surface area contributed by atoms with Gasteiger partial charge in [-0.1, -0.05) is 11.6 Å². The Morgan fingerprint density at radius 1 is 1.29 bits per heavy atom. The van der Waals surface area contributed by atoms with Crippen molar-refractivity contribution in [1.29, 1.82) is 0 Å². The lowest BCUT2D eigenvalue weighted by atomic mass is 9.97. The minimum atomic E-state index is -0.862. The first-order valence-corrected chi connectivity index (χ1v) is 7.78. The van der Waals surface area contributed by atoms with E-state index in [1.165, 1.54) is 0 Å². The molecule has 1 aliphatic heterocycles. The van der Waals surface area contributed by atoms with Gasteiger partial charge in [0, 0.05) is 23.1 Å². The van der Waals surface area contributed by atoms with Crippen molar-refractivity contribution in [1.82, 2.24) is 9.55 Å². The van der Waals surface area contributed by atoms with Crippen LogP contribution in [-0.4, -0.2) is 15.5 Å². The topological polar surface area (TPSA) is 60.9 Å². The van der Waals surface area contributed by atoms with E-state index in [9.17, 15) is 13.6 Å². The standard InChI is InChI=1S/C17H12ClF2N3O/c18-8-1-2-12-14(5-8)23-13(3-4-15(23)22-12)16-10(17(21)24)6-9(19)7-11(16)20/h1-2,5-7,13H,3-4H2,(H2,21,24)/t13-/m1/s1. The van der Waals surface area contributed by atoms with E-state index < -0.39 is 23.6 Å². The van der Waals surface area contributed by atoms with Crippen LogP contribution in [0.5, 0.6) is 0 Å². The minimum Gasteiger partial charge on any atom is -0.366 e. The molecule has 0 radical (unpaired) electrons. The molecule has 1 atom stereocenters. The summed E-state index contributed by atoms with van der Waals surface area (Å²) in [6.45, 7) is 0. The third-order valence-electron chi connectivity index (χ3n) is 4.37. The first kappa shape index (κ1) is 15.1. The molecule has 0 aliphatic carbocycles. The van der Waals surface area contributed by atoms with Crippen LogP contribution in [0.3, 0.4) is 0 Å². The van der Waals surface area contributed by atoms with Gasteiger partial charge in [-0.15, -0.1) is 0 Å². The zero-order chi connectivity index (χ0) is 17.0. The molecule has 1 amide bonds. The maximum atomic E-state index is 14.5. The second kappa shape index (κ2) is 5.27. The maximum absolute atomic E-state index is 14.5. The molecule has 24 heavy (non-hydrogen) atoms. The molecule has 2 aromatic carbocycles. The molecule has 0 unspecified atom stereocenters. The molecule has 1 aromatic heterocycles. The second-order valence-electron chi connectivity index (χ2n) is 5.80. The predicted molar refractivity (Wildman–Crippen MR) is 86.1 cm³/mol. The number of carbonyl (C=O) groups is 1. The maximum Gasteiger partial charge on any atom is 0.249 e. The molecule has 3 aromatic rings. The number of primary amides is 1. The van der Waals surface area contributed by atoms with Crippen LogP contribution in [0.25, 0.3) is 11.0 Å². The largest absolute Gasteiger partial charge is 0.366 e. The SMILES string of the molecule is NC(=O)c1cc(F)cc(F)c1[C@H]1CCc2nc3ccc(Cl)cc3n21. The molecule has 0 saturated heterocycles. The average Bonchev–Trinajstić information content (AvgIpc) is 3.06. The number of imidazole rings is 1. The number of nitrogens with two attached hydrogens (primary N) is 1. The Labute approximate surface area is 140 Å². The summed E-state index contributed by atoms with van der Waals surface area (Å²) in [6, 6.07) is 6.53. The molecule has 0 bridgehead atoms. The lowest BCUT2D eigenvalue weighted by Crippen LogP contribution is -2.19. The van der Waals surface area contributed by atoms with Crippen LogP contribution >= 0.6 is 11.6 Å². The zero-order valence-electron chi connectivity index (χ0n) is 12.4. The molecule has 0 fully saturated rings. The van der Waals surface area contributed by atoms with Crippen molar-refractivity contribution in [2.75, 3.05) is 0 Å². The number of aryl methyl sites for hydroxylation is 1. The normalized spacial score (nSPS) is 16.5. The van der Waals surface area contributed by atoms with Crippen molar-refractivity contribution < 1.29 is 13.6 Å². The second-order valence-corrected chi connectivity index (χ2v) is 6.24. The van der Waals surface area contributed by atoms with Crippen molar-refractivity contribution >= 4 is 28.5 Å². The smallest absolute Gasteiger partial charge is 0.249 e. The highest BCUT2D eigenvalue weighted by Gasteiger charge is 2.32. The van der Waals surface area contributed by atoms with Crippen molar-refractivity contribution in [3.8, 4) is 0 Å². The van der Waals surface area contributed by atoms with Gasteiger partial charge in [-0.2, -0.15) is 0 Å². The molecule has 2 N–H and O–H groups in total. The van der Waals surface area contributed by atoms with Gasteiger partial charge in [0.05, 0.1) is 22.6 Å². The Morgan fingerprint density at radius 3 is 2.83 bits per heavy atom. The van der Waals surface area contributed by atoms with Gasteiger partial charge in [-0.25, -0.2) is 13.8 Å². The van der Waals surface area contributed by atoms with E-state index in [0.717, 1.165) is 29.0 Å². The summed E-state index contributed by atoms with van der Waals surface area (Å²) in [5.74, 6) is -1.71. The summed E-state index contributed by atoms with van der Waals surface area (Å²) in [5, 5.41) is 0.533. The molecule has 1 aliphatic rings. The fourth-order valence-corrected chi connectivity index (χ4v) is 3.60. The van der Waals surface area contributed by atoms with Crippen LogP contribution in [-0.2, 0) is 6.42 Å². The number of carbonyl (C=O) groups excluding carboxylic acids is 1. The number of hydrogen-bond acceptors (Lipinski definition) is 2. The van der Waals surface area contributed by atoms with Crippen LogP contribution in [0.4, 0.5) is 8.78 Å². The molecule has 2 heterocycles. The third-order valence-corrected chi connectivity index (χ3v) is 4.61. The molecular weight excluding hydrogens is 336 g/mol. The first-order chi connectivity index (χ1) is 11.5. The summed E-state index contributed by atoms with van der Waals surface area (Å²) in [4.78, 5) is 16.2. The summed E-state index contributed by atoms with van der Waals surface area (Å²) >= 11 is 6.07. The molecule has 4 rings (SSSR count). The third kappa shape index (κ3) is 2.17. The highest BCUT2D eigenvalue weighted by Crippen LogP contribution is 2.38. The number of amides is 1. The predicted octanol–water partition coefficient (Wildman–Crippen LogP) is 3.60. The quantitative estimate of drug-likeness (QED) is 0.770. The number of rotatable bonds is 2. The molecule has 4 nitrogen and oxygen atoms in total. The Bertz CT molecular complexity index is 999. The summed E-state index contributed by atoms with van der Waals surface area (Å²) < 4.78 is 29.9. The van der Waals surface area contributed by atoms with Crippen LogP contribution < -0.4 is 5.73 Å². The van der Waals surface area contributed by atoms with Crippen molar-refractivity contribution in [2.24, 2.45) is 5.73 Å². The van der Waals surface area contributed by atoms with Gasteiger partial charge in [0.1, 0.15) is 17.5 Å². The van der Waals surface area contributed by atoms with Gasteiger partial charge in [0.15, 0.2) is 0 Å². The molecule has 0 saturated carbocycles. The number of nitrogens with zero attached hydrogens (tertiary/aromatic N) is 2. The Balaban J connectivity index is 1.98. The van der Waals surface area contributed by atoms with Gasteiger partial charge in [-0.3, -0.25) is 4.79 Å². The van der Waals surface area contributed by atoms with Gasteiger partial charge >= 0.3 is 0 Å². The molecule has 0 spiro atoms. The van der Waals surface area contributed by atoms with Crippen LogP contribution in [0.15, 0.2) is 30.3 Å². The summed E-state index contributed by atoms with van der Waals surface area (Å²) in [7, 11) is 0. The Kier molecular flexibility index (Phi) is 3.31. The summed E-state index contributed by atoms with van der Waals surface area (Å²) in [6.07, 6.45) is 1.17. The molecular formula is C17H12ClF2N3O. The number of aromatic nitrogens is 2. The minimum absolute atomic E-state index is 0.0990. The molecule has 122 valence electrons. The average molecular weight is 348 g/mol. The van der Waals surface area contributed by atoms with Gasteiger partial charge in [0.25, 0.3) is 0 Å². The highest BCUT2D eigenvalue weighted by atomic mass is 35.5. The van der Waals surface area contributed by atoms with E-state index in [4.69, 9.17) is 17.3 Å². The molecule has 7 heteroatoms. The Hall–Kier alpha value is -2.47. The van der Waals surface area contributed by atoms with E-state index in [1.807, 2.05) is 4.57 Å². The fraction of sp³-hybridized carbons (Fsp3) is 0.176. The van der Waals surface area contributed by atoms with E-state index in [0.29, 0.717) is 17.9 Å². The first-order valence-electron chi connectivity index (χ1n) is 7.41. The van der Waals surface area contributed by atoms with Crippen LogP contribution in [0.2, 0.25) is 5.02 Å². The van der Waals surface area contributed by atoms with Gasteiger partial charge in [0.2, 0.25) is 5.91 Å². The van der Waals surface area contributed by atoms with Crippen molar-refractivity contribution in [3.63, 3.8) is 0 Å². The van der Waals surface area contributed by atoms with Crippen molar-refractivity contribution in [2.45, 2.75) is 18.9 Å². The van der Waals surface area contributed by atoms with Crippen LogP contribution in [0, 0.1) is 11.6 Å². The van der Waals surface area contributed by atoms with E-state index in [-0.39, 0.29) is 11.1 Å². The number of fused-ring (bicyclic) bond motifs is 3. The Morgan fingerprint density at radius 2 is 2.08 bits per heavy atom. The van der Waals surface area contributed by atoms with E-state index in [2.05, 4.69) is 4.98 Å². The van der Waals surface area contributed by atoms with Crippen molar-refractivity contribution in [3.05, 3.63) is 63.9 Å². The van der Waals surface area contributed by atoms with Gasteiger partial charge < -0.3 is 10.3 Å². The highest BCUT2D eigenvalue weighted by molar-refractivity contribution is 6.31. The van der Waals surface area contributed by atoms with E-state index >= 15 is 0 Å². The van der Waals surface area contributed by atoms with E-state index in [1.54, 1.807) is 18.2 Å². The zero-order valence-corrected chi connectivity index (χ0v) is 13.1. The fourth-order valence-electron chi connectivity index (χ4n) is 3.44. The number of hydrogen-bond donors (Lipinski definition) is 1. The lowest BCUT2D eigenvalue weighted by Gasteiger charge is -2.18. The van der Waals surface area contributed by atoms with Crippen LogP contribution in [0.1, 0.15) is 34.2 Å².